The largest absolute Gasteiger partial charge is 0.508 e. The molecule has 4 N–H and O–H groups in total. The van der Waals surface area contributed by atoms with Gasteiger partial charge in [0.05, 0.1) is 55.1 Å². The number of allylic oxidation sites excluding steroid dienone is 3. The predicted molar refractivity (Wildman–Crippen MR) is 239 cm³/mol. The molecule has 1 aromatic rings. The molecule has 0 aromatic heterocycles. The number of aromatic hydroxyl groups is 1. The molecule has 9 unspecified atom stereocenters. The maximum absolute atomic E-state index is 13.8. The predicted octanol–water partition coefficient (Wildman–Crippen LogP) is 3.71. The summed E-state index contributed by atoms with van der Waals surface area (Å²) >= 11 is 12.7. The molecule has 0 bridgehead atoms. The van der Waals surface area contributed by atoms with Gasteiger partial charge in [0.25, 0.3) is 0 Å². The Morgan fingerprint density at radius 3 is 2.51 bits per heavy atom. The van der Waals surface area contributed by atoms with Crippen LogP contribution in [-0.4, -0.2) is 134 Å². The van der Waals surface area contributed by atoms with Crippen LogP contribution >= 0.6 is 11.8 Å². The summed E-state index contributed by atoms with van der Waals surface area (Å²) in [5, 5.41) is 27.6. The first-order valence-electron chi connectivity index (χ1n) is 19.8. The van der Waals surface area contributed by atoms with Gasteiger partial charge >= 0.3 is 6.09 Å². The summed E-state index contributed by atoms with van der Waals surface area (Å²) in [5.74, 6) is 11.4. The van der Waals surface area contributed by atoms with Crippen LogP contribution in [0.4, 0.5) is 4.79 Å². The third-order valence-corrected chi connectivity index (χ3v) is 13.6. The number of ketones is 1. The van der Waals surface area contributed by atoms with Crippen LogP contribution in [-0.2, 0) is 72.2 Å². The quantitative estimate of drug-likeness (QED) is 0.211. The summed E-state index contributed by atoms with van der Waals surface area (Å²) in [6.45, 7) is 8.14. The number of rotatable bonds is 13. The second-order valence-electron chi connectivity index (χ2n) is 15.2. The van der Waals surface area contributed by atoms with E-state index in [0.717, 1.165) is 0 Å². The molecule has 0 spiro atoms. The van der Waals surface area contributed by atoms with Crippen molar-refractivity contribution in [1.29, 1.82) is 0 Å². The third kappa shape index (κ3) is 12.4. The average molecular weight is 921 g/mol. The highest BCUT2D eigenvalue weighted by molar-refractivity contribution is 8.56. The Hall–Kier alpha value is -2.92. The normalized spacial score (nSPS) is 31.8. The minimum atomic E-state index is -1.97. The van der Waals surface area contributed by atoms with Crippen LogP contribution in [0.1, 0.15) is 52.4 Å². The highest BCUT2D eigenvalue weighted by Crippen LogP contribution is 2.49. The minimum Gasteiger partial charge on any atom is -0.508 e. The number of carbonyl (C=O) groups excluding carboxylic acids is 2. The second kappa shape index (κ2) is 22.1. The number of fused-ring (bicyclic) bond motifs is 1. The van der Waals surface area contributed by atoms with Gasteiger partial charge in [0.15, 0.2) is 24.7 Å². The molecule has 18 heteroatoms. The molecular weight excluding hydrogens is 865 g/mol. The first-order chi connectivity index (χ1) is 29.0. The molecule has 1 aliphatic carbocycles. The maximum Gasteiger partial charge on any atom is 0.411 e. The van der Waals surface area contributed by atoms with Crippen molar-refractivity contribution in [2.24, 2.45) is 0 Å². The number of phenols is 1. The number of carbonyl (C=O) groups is 2. The molecule has 3 aliphatic heterocycles. The average Bonchev–Trinajstić information content (AvgIpc) is 3.22. The first kappa shape index (κ1) is 49.1. The van der Waals surface area contributed by atoms with E-state index in [4.69, 9.17) is 60.3 Å². The van der Waals surface area contributed by atoms with Crippen LogP contribution in [0.25, 0.3) is 0 Å². The summed E-state index contributed by atoms with van der Waals surface area (Å²) in [6, 6.07) is 6.62. The van der Waals surface area contributed by atoms with Gasteiger partial charge in [-0.15, -0.1) is 5.92 Å². The summed E-state index contributed by atoms with van der Waals surface area (Å²) < 4.78 is 50.3. The maximum atomic E-state index is 13.8. The lowest BCUT2D eigenvalue weighted by atomic mass is 9.84. The first-order valence-corrected chi connectivity index (χ1v) is 25.1. The molecule has 61 heavy (non-hydrogen) atoms. The molecule has 3 saturated heterocycles. The molecule has 3 fully saturated rings. The van der Waals surface area contributed by atoms with Crippen molar-refractivity contribution >= 4 is 53.2 Å². The van der Waals surface area contributed by atoms with Crippen molar-refractivity contribution < 1.29 is 57.7 Å². The Labute approximate surface area is 372 Å². The fraction of sp³-hybridized carbons (Fsp3) is 0.581. The van der Waals surface area contributed by atoms with E-state index in [9.17, 15) is 19.8 Å². The van der Waals surface area contributed by atoms with E-state index in [-0.39, 0.29) is 66.2 Å². The number of phenolic OH excluding ortho intramolecular Hbond substituents is 1. The number of amides is 1. The van der Waals surface area contributed by atoms with E-state index in [1.54, 1.807) is 56.7 Å². The number of ether oxygens (including phenoxy) is 8. The van der Waals surface area contributed by atoms with Gasteiger partial charge in [-0.25, -0.2) is 4.79 Å². The van der Waals surface area contributed by atoms with Gasteiger partial charge in [0, 0.05) is 42.9 Å². The summed E-state index contributed by atoms with van der Waals surface area (Å²) in [4.78, 5) is 26.6. The van der Waals surface area contributed by atoms with E-state index < -0.39 is 73.2 Å². The van der Waals surface area contributed by atoms with Gasteiger partial charge in [-0.2, -0.15) is 11.8 Å². The number of thioether (sulfide) groups is 1. The minimum absolute atomic E-state index is 0.0767. The SMILES string of the molecule is CC#C/C=C\C#C[C@H](OC1OC(C)C2(SC)COC(c3ccc(O)cc3)OC2C1OC1CC(OC)C(NC(C)C)CO1)C1=C(NC(=O)OC)C(=O)C[C@H](O)/C1=C/CS(C)(=S)=S. The zero-order valence-electron chi connectivity index (χ0n) is 35.5. The van der Waals surface area contributed by atoms with Crippen LogP contribution in [0.15, 0.2) is 59.3 Å². The summed E-state index contributed by atoms with van der Waals surface area (Å²) in [7, 11) is 0.842. The number of aliphatic hydroxyl groups is 1. The fourth-order valence-electron chi connectivity index (χ4n) is 7.58. The van der Waals surface area contributed by atoms with Crippen molar-refractivity contribution in [3.8, 4) is 29.4 Å². The van der Waals surface area contributed by atoms with E-state index in [1.165, 1.54) is 24.9 Å². The van der Waals surface area contributed by atoms with Crippen LogP contribution in [0, 0.1) is 23.7 Å². The molecule has 14 nitrogen and oxygen atoms in total. The topological polar surface area (TPSA) is 172 Å². The van der Waals surface area contributed by atoms with Gasteiger partial charge in [0.1, 0.15) is 24.1 Å². The Morgan fingerprint density at radius 1 is 1.15 bits per heavy atom. The van der Waals surface area contributed by atoms with Gasteiger partial charge in [-0.1, -0.05) is 57.0 Å². The van der Waals surface area contributed by atoms with E-state index >= 15 is 0 Å². The molecule has 334 valence electrons. The molecule has 3 heterocycles. The van der Waals surface area contributed by atoms with E-state index in [0.29, 0.717) is 12.0 Å². The zero-order valence-corrected chi connectivity index (χ0v) is 38.8. The van der Waals surface area contributed by atoms with Crippen molar-refractivity contribution in [2.75, 3.05) is 45.7 Å². The number of nitrogens with one attached hydrogen (secondary N) is 2. The standard InChI is InChI=1S/C43H56N2O12S4/c1-9-10-11-12-13-14-33(36-29(19-20-61(8,58)59)31(47)21-32(48)37(36)45-42(49)51-6)55-41-38(56-35-22-34(50-5)30(23-52-35)44-25(2)3)39-43(60-7,26(4)54-41)24-53-40(57-39)27-15-17-28(46)18-16-27/h11-12,15-19,25-26,30-31,33-35,38-41,44,46-47H,20-24H2,1-8H3,(H,45,49)/b12-11-,29-19-/t26?,30?,31-,33-,34?,35?,38?,39?,40?,41?,43?/m0/s1. The summed E-state index contributed by atoms with van der Waals surface area (Å²) in [5.41, 5.74) is 0.818. The highest BCUT2D eigenvalue weighted by atomic mass is 33.1. The molecule has 5 rings (SSSR count). The Bertz CT molecular complexity index is 2050. The van der Waals surface area contributed by atoms with Crippen LogP contribution in [0.2, 0.25) is 0 Å². The molecule has 11 atom stereocenters. The Kier molecular flexibility index (Phi) is 17.8. The number of hydrogen-bond donors (Lipinski definition) is 4. The number of methoxy groups -OCH3 is 2. The molecular formula is C43H56N2O12S4. The zero-order chi connectivity index (χ0) is 44.5. The molecule has 4 aliphatic rings. The van der Waals surface area contributed by atoms with Crippen LogP contribution in [0.3, 0.4) is 0 Å². The van der Waals surface area contributed by atoms with Gasteiger partial charge in [0.2, 0.25) is 0 Å². The van der Waals surface area contributed by atoms with E-state index in [2.05, 4.69) is 34.3 Å². The van der Waals surface area contributed by atoms with Crippen molar-refractivity contribution in [3.05, 3.63) is 64.9 Å². The number of hydrogen-bond acceptors (Lipinski definition) is 16. The lowest BCUT2D eigenvalue weighted by molar-refractivity contribution is -0.367. The van der Waals surface area contributed by atoms with Gasteiger partial charge in [-0.3, -0.25) is 10.1 Å². The van der Waals surface area contributed by atoms with E-state index in [1.807, 2.05) is 27.0 Å². The lowest BCUT2D eigenvalue weighted by Gasteiger charge is -2.56. The third-order valence-electron chi connectivity index (χ3n) is 10.6. The van der Waals surface area contributed by atoms with Gasteiger partial charge < -0.3 is 53.4 Å². The van der Waals surface area contributed by atoms with Crippen LogP contribution in [0.5, 0.6) is 5.75 Å². The summed E-state index contributed by atoms with van der Waals surface area (Å²) in [6.07, 6.45) is -0.779. The number of benzene rings is 1. The molecule has 1 amide bonds. The molecule has 0 radical (unpaired) electrons. The smallest absolute Gasteiger partial charge is 0.411 e. The number of Topliss-reactive ketones (excluding diaryl/α,β-unsaturated/α-hetero) is 1. The van der Waals surface area contributed by atoms with Gasteiger partial charge in [-0.05, 0) is 78.6 Å². The van der Waals surface area contributed by atoms with Crippen LogP contribution < -0.4 is 10.6 Å². The van der Waals surface area contributed by atoms with Crippen molar-refractivity contribution in [3.63, 3.8) is 0 Å². The lowest BCUT2D eigenvalue weighted by Crippen LogP contribution is -2.70. The molecule has 0 saturated carbocycles. The number of alkyl carbamates (subject to hydrolysis) is 1. The molecule has 1 aromatic carbocycles. The van der Waals surface area contributed by atoms with Crippen molar-refractivity contribution in [2.45, 2.75) is 113 Å². The fourth-order valence-corrected chi connectivity index (χ4v) is 9.47. The second-order valence-corrected chi connectivity index (χ2v) is 23.6. The highest BCUT2D eigenvalue weighted by Gasteiger charge is 2.61. The Morgan fingerprint density at radius 2 is 1.87 bits per heavy atom. The monoisotopic (exact) mass is 920 g/mol. The van der Waals surface area contributed by atoms with Crippen molar-refractivity contribution in [1.82, 2.24) is 10.6 Å². The Balaban J connectivity index is 1.67. The number of aliphatic hydroxyl groups excluding tert-OH is 1.